The molecule has 1 rings (SSSR count). The Balaban J connectivity index is 2.62. The third kappa shape index (κ3) is 4.07. The number of hydrogen-bond acceptors (Lipinski definition) is 5. The van der Waals surface area contributed by atoms with Gasteiger partial charge in [0, 0.05) is 25.9 Å². The van der Waals surface area contributed by atoms with E-state index in [4.69, 9.17) is 10.5 Å². The fraction of sp³-hybridized carbons (Fsp3) is 0.889. The van der Waals surface area contributed by atoms with E-state index in [-0.39, 0.29) is 18.1 Å². The summed E-state index contributed by atoms with van der Waals surface area (Å²) in [6.45, 7) is 2.95. The molecule has 1 heterocycles. The zero-order valence-electron chi connectivity index (χ0n) is 9.55. The average molecular weight is 250 g/mol. The van der Waals surface area contributed by atoms with Crippen molar-refractivity contribution < 1.29 is 17.9 Å². The molecule has 2 N–H and O–H groups in total. The maximum absolute atomic E-state index is 11.7. The quantitative estimate of drug-likeness (QED) is 0.666. The second kappa shape index (κ2) is 5.11. The van der Waals surface area contributed by atoms with Crippen molar-refractivity contribution in [2.45, 2.75) is 19.1 Å². The molecule has 2 unspecified atom stereocenters. The highest BCUT2D eigenvalue weighted by molar-refractivity contribution is 7.91. The molecule has 7 heteroatoms. The van der Waals surface area contributed by atoms with Gasteiger partial charge in [-0.2, -0.15) is 0 Å². The lowest BCUT2D eigenvalue weighted by molar-refractivity contribution is -0.140. The van der Waals surface area contributed by atoms with Gasteiger partial charge < -0.3 is 15.4 Å². The van der Waals surface area contributed by atoms with Crippen molar-refractivity contribution in [2.75, 3.05) is 31.6 Å². The van der Waals surface area contributed by atoms with Gasteiger partial charge in [0.25, 0.3) is 0 Å². The number of ether oxygens (including phenoxy) is 1. The molecular weight excluding hydrogens is 232 g/mol. The molecule has 1 fully saturated rings. The first-order valence-corrected chi connectivity index (χ1v) is 7.19. The van der Waals surface area contributed by atoms with Gasteiger partial charge in [0.1, 0.15) is 5.75 Å². The molecule has 2 atom stereocenters. The van der Waals surface area contributed by atoms with Crippen molar-refractivity contribution in [3.05, 3.63) is 0 Å². The molecule has 1 amide bonds. The van der Waals surface area contributed by atoms with Crippen LogP contribution in [-0.2, 0) is 19.4 Å². The largest absolute Gasteiger partial charge is 0.370 e. The Bertz CT molecular complexity index is 355. The summed E-state index contributed by atoms with van der Waals surface area (Å²) in [7, 11) is -3.28. The smallest absolute Gasteiger partial charge is 0.237 e. The van der Waals surface area contributed by atoms with Crippen LogP contribution in [-0.4, -0.2) is 63.1 Å². The normalized spacial score (nSPS) is 26.8. The molecule has 0 aliphatic carbocycles. The number of amides is 1. The summed E-state index contributed by atoms with van der Waals surface area (Å²) < 4.78 is 27.5. The number of rotatable bonds is 3. The van der Waals surface area contributed by atoms with Crippen LogP contribution < -0.4 is 5.73 Å². The van der Waals surface area contributed by atoms with Gasteiger partial charge in [0.2, 0.25) is 5.91 Å². The Hall–Kier alpha value is -0.660. The third-order valence-corrected chi connectivity index (χ3v) is 3.10. The van der Waals surface area contributed by atoms with Crippen molar-refractivity contribution >= 4 is 15.7 Å². The van der Waals surface area contributed by atoms with Crippen LogP contribution in [0.25, 0.3) is 0 Å². The Morgan fingerprint density at radius 2 is 2.12 bits per heavy atom. The van der Waals surface area contributed by atoms with Gasteiger partial charge in [-0.15, -0.1) is 0 Å². The standard InChI is InChI=1S/C9H18N2O4S/c1-7-4-11(5-8(3-10)15-7)9(12)6-16(2,13)14/h7-8H,3-6,10H2,1-2H3. The number of carbonyl (C=O) groups excluding carboxylic acids is 1. The number of nitrogens with two attached hydrogens (primary N) is 1. The molecular formula is C9H18N2O4S. The molecule has 1 aliphatic heterocycles. The maximum Gasteiger partial charge on any atom is 0.237 e. The molecule has 0 aromatic rings. The minimum atomic E-state index is -3.28. The topological polar surface area (TPSA) is 89.7 Å². The maximum atomic E-state index is 11.7. The van der Waals surface area contributed by atoms with Gasteiger partial charge in [-0.3, -0.25) is 4.79 Å². The fourth-order valence-electron chi connectivity index (χ4n) is 1.69. The lowest BCUT2D eigenvalue weighted by atomic mass is 10.2. The number of sulfone groups is 1. The van der Waals surface area contributed by atoms with Gasteiger partial charge >= 0.3 is 0 Å². The highest BCUT2D eigenvalue weighted by Crippen LogP contribution is 2.10. The van der Waals surface area contributed by atoms with Crippen LogP contribution in [0.4, 0.5) is 0 Å². The minimum Gasteiger partial charge on any atom is -0.370 e. The highest BCUT2D eigenvalue weighted by atomic mass is 32.2. The van der Waals surface area contributed by atoms with Crippen LogP contribution in [0.1, 0.15) is 6.92 Å². The van der Waals surface area contributed by atoms with Crippen molar-refractivity contribution in [1.82, 2.24) is 4.90 Å². The van der Waals surface area contributed by atoms with E-state index in [9.17, 15) is 13.2 Å². The van der Waals surface area contributed by atoms with Gasteiger partial charge in [-0.05, 0) is 6.92 Å². The molecule has 0 aromatic carbocycles. The Morgan fingerprint density at radius 1 is 1.50 bits per heavy atom. The van der Waals surface area contributed by atoms with E-state index >= 15 is 0 Å². The first-order valence-electron chi connectivity index (χ1n) is 5.13. The highest BCUT2D eigenvalue weighted by Gasteiger charge is 2.28. The summed E-state index contributed by atoms with van der Waals surface area (Å²) >= 11 is 0. The first-order chi connectivity index (χ1) is 7.31. The summed E-state index contributed by atoms with van der Waals surface area (Å²) in [4.78, 5) is 13.2. The monoisotopic (exact) mass is 250 g/mol. The van der Waals surface area contributed by atoms with Crippen molar-refractivity contribution in [1.29, 1.82) is 0 Å². The van der Waals surface area contributed by atoms with E-state index in [2.05, 4.69) is 0 Å². The molecule has 0 spiro atoms. The number of carbonyl (C=O) groups is 1. The minimum absolute atomic E-state index is 0.106. The second-order valence-corrected chi connectivity index (χ2v) is 6.31. The lowest BCUT2D eigenvalue weighted by Crippen LogP contribution is -2.52. The van der Waals surface area contributed by atoms with Crippen LogP contribution in [0.5, 0.6) is 0 Å². The number of hydrogen-bond donors (Lipinski definition) is 1. The number of morpholine rings is 1. The van der Waals surface area contributed by atoms with E-state index in [0.29, 0.717) is 19.6 Å². The fourth-order valence-corrected chi connectivity index (χ4v) is 2.33. The lowest BCUT2D eigenvalue weighted by Gasteiger charge is -2.36. The predicted molar refractivity (Wildman–Crippen MR) is 59.7 cm³/mol. The van der Waals surface area contributed by atoms with E-state index < -0.39 is 15.6 Å². The zero-order valence-corrected chi connectivity index (χ0v) is 10.4. The summed E-state index contributed by atoms with van der Waals surface area (Å²) in [5.41, 5.74) is 5.47. The number of nitrogens with zero attached hydrogens (tertiary/aromatic N) is 1. The summed E-state index contributed by atoms with van der Waals surface area (Å²) in [6, 6.07) is 0. The van der Waals surface area contributed by atoms with Crippen LogP contribution >= 0.6 is 0 Å². The molecule has 0 radical (unpaired) electrons. The molecule has 6 nitrogen and oxygen atoms in total. The molecule has 1 saturated heterocycles. The zero-order chi connectivity index (χ0) is 12.3. The third-order valence-electron chi connectivity index (χ3n) is 2.33. The molecule has 94 valence electrons. The van der Waals surface area contributed by atoms with E-state index in [1.165, 1.54) is 4.90 Å². The molecule has 0 aromatic heterocycles. The summed E-state index contributed by atoms with van der Waals surface area (Å²) in [5, 5.41) is 0. The van der Waals surface area contributed by atoms with Gasteiger partial charge in [0.05, 0.1) is 12.2 Å². The van der Waals surface area contributed by atoms with E-state index in [0.717, 1.165) is 6.26 Å². The first kappa shape index (κ1) is 13.4. The Morgan fingerprint density at radius 3 is 2.62 bits per heavy atom. The Kier molecular flexibility index (Phi) is 4.28. The summed E-state index contributed by atoms with van der Waals surface area (Å²) in [6.07, 6.45) is 0.743. The van der Waals surface area contributed by atoms with Crippen LogP contribution in [0, 0.1) is 0 Å². The van der Waals surface area contributed by atoms with Crippen LogP contribution in [0.2, 0.25) is 0 Å². The van der Waals surface area contributed by atoms with Crippen molar-refractivity contribution in [3.63, 3.8) is 0 Å². The SMILES string of the molecule is CC1CN(C(=O)CS(C)(=O)=O)CC(CN)O1. The van der Waals surface area contributed by atoms with Gasteiger partial charge in [-0.25, -0.2) is 8.42 Å². The van der Waals surface area contributed by atoms with E-state index in [1.807, 2.05) is 6.92 Å². The van der Waals surface area contributed by atoms with Crippen molar-refractivity contribution in [3.8, 4) is 0 Å². The summed E-state index contributed by atoms with van der Waals surface area (Å²) in [5.74, 6) is -0.826. The molecule has 0 saturated carbocycles. The van der Waals surface area contributed by atoms with E-state index in [1.54, 1.807) is 0 Å². The van der Waals surface area contributed by atoms with Crippen molar-refractivity contribution in [2.24, 2.45) is 5.73 Å². The predicted octanol–water partition coefficient (Wildman–Crippen LogP) is -1.39. The van der Waals surface area contributed by atoms with Crippen LogP contribution in [0.3, 0.4) is 0 Å². The van der Waals surface area contributed by atoms with Gasteiger partial charge in [0.15, 0.2) is 9.84 Å². The average Bonchev–Trinajstić information content (AvgIpc) is 2.14. The second-order valence-electron chi connectivity index (χ2n) is 4.17. The van der Waals surface area contributed by atoms with Gasteiger partial charge in [-0.1, -0.05) is 0 Å². The molecule has 16 heavy (non-hydrogen) atoms. The molecule has 1 aliphatic rings. The van der Waals surface area contributed by atoms with Crippen LogP contribution in [0.15, 0.2) is 0 Å². The molecule has 0 bridgehead atoms. The Labute approximate surface area is 95.7 Å².